The molecule has 1 fully saturated rings. The number of nitrogen functional groups attached to an aromatic ring is 1. The van der Waals surface area contributed by atoms with Crippen molar-refractivity contribution in [2.75, 3.05) is 18.8 Å². The first-order valence-electron chi connectivity index (χ1n) is 7.23. The minimum atomic E-state index is 0. The van der Waals surface area contributed by atoms with Crippen molar-refractivity contribution in [3.8, 4) is 11.6 Å². The van der Waals surface area contributed by atoms with E-state index in [0.29, 0.717) is 22.6 Å². The van der Waals surface area contributed by atoms with Gasteiger partial charge >= 0.3 is 0 Å². The Bertz CT molecular complexity index is 826. The van der Waals surface area contributed by atoms with E-state index in [9.17, 15) is 0 Å². The first kappa shape index (κ1) is 16.5. The standard InChI is InChI=1S/C15H15ClN4OS.ClH/c16-12-4-3-11(21-12)14-18-13(17)10-7-9(22-15(10)19-14)8-20-5-1-2-6-20;/h3-4,7H,1-2,5-6,8H2,(H2,17,18,19);1H. The van der Waals surface area contributed by atoms with Crippen molar-refractivity contribution in [3.63, 3.8) is 0 Å². The van der Waals surface area contributed by atoms with Gasteiger partial charge in [0.05, 0.1) is 5.39 Å². The molecule has 0 unspecified atom stereocenters. The van der Waals surface area contributed by atoms with Crippen molar-refractivity contribution in [2.45, 2.75) is 19.4 Å². The molecule has 4 heterocycles. The number of rotatable bonds is 3. The number of aromatic nitrogens is 2. The quantitative estimate of drug-likeness (QED) is 0.747. The maximum absolute atomic E-state index is 6.09. The summed E-state index contributed by atoms with van der Waals surface area (Å²) < 4.78 is 5.37. The fraction of sp³-hybridized carbons (Fsp3) is 0.333. The number of nitrogens with two attached hydrogens (primary N) is 1. The normalized spacial score (nSPS) is 15.2. The van der Waals surface area contributed by atoms with Gasteiger partial charge in [-0.2, -0.15) is 0 Å². The van der Waals surface area contributed by atoms with E-state index in [0.717, 1.165) is 16.8 Å². The van der Waals surface area contributed by atoms with Gasteiger partial charge in [-0.15, -0.1) is 23.7 Å². The van der Waals surface area contributed by atoms with Crippen LogP contribution >= 0.6 is 35.3 Å². The minimum Gasteiger partial charge on any atom is -0.441 e. The molecule has 0 aliphatic carbocycles. The second-order valence-electron chi connectivity index (χ2n) is 5.45. The van der Waals surface area contributed by atoms with Crippen molar-refractivity contribution in [1.29, 1.82) is 0 Å². The van der Waals surface area contributed by atoms with Crippen LogP contribution in [0.5, 0.6) is 0 Å². The van der Waals surface area contributed by atoms with Gasteiger partial charge in [-0.3, -0.25) is 4.90 Å². The molecule has 5 nitrogen and oxygen atoms in total. The first-order chi connectivity index (χ1) is 10.7. The lowest BCUT2D eigenvalue weighted by Gasteiger charge is -2.11. The van der Waals surface area contributed by atoms with E-state index in [4.69, 9.17) is 21.8 Å². The fourth-order valence-electron chi connectivity index (χ4n) is 2.78. The maximum atomic E-state index is 6.09. The molecule has 0 atom stereocenters. The van der Waals surface area contributed by atoms with Crippen LogP contribution in [-0.4, -0.2) is 28.0 Å². The van der Waals surface area contributed by atoms with Crippen molar-refractivity contribution in [3.05, 3.63) is 28.3 Å². The molecule has 0 radical (unpaired) electrons. The Kier molecular flexibility index (Phi) is 4.77. The Hall–Kier alpha value is -1.34. The SMILES string of the molecule is Cl.Nc1nc(-c2ccc(Cl)o2)nc2sc(CN3CCCC3)cc12. The number of furan rings is 1. The van der Waals surface area contributed by atoms with E-state index in [1.54, 1.807) is 23.5 Å². The molecular formula is C15H16Cl2N4OS. The highest BCUT2D eigenvalue weighted by Crippen LogP contribution is 2.32. The summed E-state index contributed by atoms with van der Waals surface area (Å²) in [5.41, 5.74) is 6.09. The van der Waals surface area contributed by atoms with Crippen LogP contribution in [0.4, 0.5) is 5.82 Å². The monoisotopic (exact) mass is 370 g/mol. The van der Waals surface area contributed by atoms with Gasteiger partial charge in [0.2, 0.25) is 0 Å². The van der Waals surface area contributed by atoms with Crippen LogP contribution in [-0.2, 0) is 6.54 Å². The van der Waals surface area contributed by atoms with Gasteiger partial charge in [0, 0.05) is 11.4 Å². The molecule has 1 saturated heterocycles. The van der Waals surface area contributed by atoms with Gasteiger partial charge in [0.1, 0.15) is 10.6 Å². The number of halogens is 2. The molecule has 122 valence electrons. The van der Waals surface area contributed by atoms with Crippen molar-refractivity contribution in [2.24, 2.45) is 0 Å². The smallest absolute Gasteiger partial charge is 0.199 e. The number of fused-ring (bicyclic) bond motifs is 1. The third-order valence-corrected chi connectivity index (χ3v) is 5.06. The van der Waals surface area contributed by atoms with E-state index < -0.39 is 0 Å². The lowest BCUT2D eigenvalue weighted by Crippen LogP contribution is -2.17. The average molecular weight is 371 g/mol. The van der Waals surface area contributed by atoms with Crippen molar-refractivity contribution >= 4 is 51.4 Å². The Morgan fingerprint density at radius 1 is 1.26 bits per heavy atom. The maximum Gasteiger partial charge on any atom is 0.199 e. The van der Waals surface area contributed by atoms with Crippen molar-refractivity contribution in [1.82, 2.24) is 14.9 Å². The van der Waals surface area contributed by atoms with Crippen molar-refractivity contribution < 1.29 is 4.42 Å². The summed E-state index contributed by atoms with van der Waals surface area (Å²) in [7, 11) is 0. The van der Waals surface area contributed by atoms with Crippen LogP contribution < -0.4 is 5.73 Å². The van der Waals surface area contributed by atoms with E-state index in [1.807, 2.05) is 0 Å². The van der Waals surface area contributed by atoms with Crippen LogP contribution in [0.25, 0.3) is 21.8 Å². The fourth-order valence-corrected chi connectivity index (χ4v) is 4.00. The van der Waals surface area contributed by atoms with E-state index >= 15 is 0 Å². The number of thiophene rings is 1. The molecule has 0 aromatic carbocycles. The predicted octanol–water partition coefficient (Wildman–Crippen LogP) is 4.20. The second-order valence-corrected chi connectivity index (χ2v) is 6.94. The van der Waals surface area contributed by atoms with Crippen LogP contribution in [0.2, 0.25) is 5.22 Å². The van der Waals surface area contributed by atoms with E-state index in [1.165, 1.54) is 30.8 Å². The highest BCUT2D eigenvalue weighted by atomic mass is 35.5. The molecule has 4 rings (SSSR count). The highest BCUT2D eigenvalue weighted by Gasteiger charge is 2.16. The molecule has 0 saturated carbocycles. The Morgan fingerprint density at radius 3 is 2.74 bits per heavy atom. The van der Waals surface area contributed by atoms with Gasteiger partial charge in [-0.1, -0.05) is 0 Å². The molecule has 0 amide bonds. The number of hydrogen-bond donors (Lipinski definition) is 1. The Balaban J connectivity index is 0.00000156. The Labute approximate surface area is 148 Å². The summed E-state index contributed by atoms with van der Waals surface area (Å²) in [4.78, 5) is 13.5. The molecule has 1 aliphatic rings. The zero-order chi connectivity index (χ0) is 15.1. The average Bonchev–Trinajstić information content (AvgIpc) is 3.19. The largest absolute Gasteiger partial charge is 0.441 e. The van der Waals surface area contributed by atoms with Crippen LogP contribution in [0.1, 0.15) is 17.7 Å². The molecule has 2 N–H and O–H groups in total. The summed E-state index contributed by atoms with van der Waals surface area (Å²) in [5, 5.41) is 1.23. The second kappa shape index (κ2) is 6.65. The third kappa shape index (κ3) is 3.30. The minimum absolute atomic E-state index is 0. The molecule has 8 heteroatoms. The number of anilines is 1. The third-order valence-electron chi connectivity index (χ3n) is 3.84. The summed E-state index contributed by atoms with van der Waals surface area (Å²) in [6, 6.07) is 5.53. The van der Waals surface area contributed by atoms with Gasteiger partial charge < -0.3 is 10.2 Å². The summed E-state index contributed by atoms with van der Waals surface area (Å²) >= 11 is 7.48. The van der Waals surface area contributed by atoms with Gasteiger partial charge in [-0.05, 0) is 55.7 Å². The molecule has 1 aliphatic heterocycles. The predicted molar refractivity (Wildman–Crippen MR) is 96.3 cm³/mol. The van der Waals surface area contributed by atoms with Crippen LogP contribution in [0.3, 0.4) is 0 Å². The number of likely N-dealkylation sites (tertiary alicyclic amines) is 1. The molecule has 3 aromatic rings. The Morgan fingerprint density at radius 2 is 2.04 bits per heavy atom. The summed E-state index contributed by atoms with van der Waals surface area (Å²) in [6.07, 6.45) is 2.58. The van der Waals surface area contributed by atoms with E-state index in [-0.39, 0.29) is 12.4 Å². The molecule has 0 spiro atoms. The van der Waals surface area contributed by atoms with Gasteiger partial charge in [0.15, 0.2) is 16.8 Å². The molecule has 3 aromatic heterocycles. The number of hydrogen-bond acceptors (Lipinski definition) is 6. The van der Waals surface area contributed by atoms with Gasteiger partial charge in [-0.25, -0.2) is 9.97 Å². The van der Waals surface area contributed by atoms with Crippen LogP contribution in [0, 0.1) is 0 Å². The first-order valence-corrected chi connectivity index (χ1v) is 8.42. The number of nitrogens with zero attached hydrogens (tertiary/aromatic N) is 3. The lowest BCUT2D eigenvalue weighted by atomic mass is 10.3. The molecular weight excluding hydrogens is 355 g/mol. The highest BCUT2D eigenvalue weighted by molar-refractivity contribution is 7.18. The van der Waals surface area contributed by atoms with E-state index in [2.05, 4.69) is 20.9 Å². The summed E-state index contributed by atoms with van der Waals surface area (Å²) in [6.45, 7) is 3.31. The van der Waals surface area contributed by atoms with Crippen LogP contribution in [0.15, 0.2) is 22.6 Å². The topological polar surface area (TPSA) is 68.2 Å². The lowest BCUT2D eigenvalue weighted by molar-refractivity contribution is 0.334. The molecule has 0 bridgehead atoms. The molecule has 23 heavy (non-hydrogen) atoms. The zero-order valence-electron chi connectivity index (χ0n) is 12.3. The zero-order valence-corrected chi connectivity index (χ0v) is 14.7. The van der Waals surface area contributed by atoms with Gasteiger partial charge in [0.25, 0.3) is 0 Å². The summed E-state index contributed by atoms with van der Waals surface area (Å²) in [5.74, 6) is 1.50.